The van der Waals surface area contributed by atoms with Gasteiger partial charge in [-0.15, -0.1) is 0 Å². The monoisotopic (exact) mass is 308 g/mol. The van der Waals surface area contributed by atoms with Crippen LogP contribution in [0.2, 0.25) is 0 Å². The summed E-state index contributed by atoms with van der Waals surface area (Å²) in [6.07, 6.45) is 0.757. The quantitative estimate of drug-likeness (QED) is 0.843. The summed E-state index contributed by atoms with van der Waals surface area (Å²) in [4.78, 5) is 0. The largest absolute Gasteiger partial charge is 0.397 e. The van der Waals surface area contributed by atoms with E-state index < -0.39 is 0 Å². The van der Waals surface area contributed by atoms with Gasteiger partial charge in [0, 0.05) is 11.0 Å². The Labute approximate surface area is 114 Å². The number of anilines is 2. The van der Waals surface area contributed by atoms with Crippen molar-refractivity contribution in [2.75, 3.05) is 17.6 Å². The summed E-state index contributed by atoms with van der Waals surface area (Å²) < 4.78 is 13.9. The van der Waals surface area contributed by atoms with Gasteiger partial charge in [0.1, 0.15) is 5.82 Å². The van der Waals surface area contributed by atoms with E-state index in [1.165, 1.54) is 6.07 Å². The minimum absolute atomic E-state index is 0.198. The van der Waals surface area contributed by atoms with E-state index in [0.29, 0.717) is 5.69 Å². The van der Waals surface area contributed by atoms with Gasteiger partial charge in [-0.1, -0.05) is 28.1 Å². The average Bonchev–Trinajstić information content (AvgIpc) is 2.32. The number of rotatable bonds is 4. The molecule has 0 amide bonds. The van der Waals surface area contributed by atoms with Gasteiger partial charge < -0.3 is 11.1 Å². The van der Waals surface area contributed by atoms with E-state index >= 15 is 0 Å². The fourth-order valence-corrected chi connectivity index (χ4v) is 2.11. The second-order valence-electron chi connectivity index (χ2n) is 4.04. The van der Waals surface area contributed by atoms with Crippen molar-refractivity contribution in [1.29, 1.82) is 0 Å². The molecule has 2 aromatic rings. The Morgan fingerprint density at radius 3 is 2.72 bits per heavy atom. The number of benzene rings is 2. The van der Waals surface area contributed by atoms with Gasteiger partial charge in [-0.05, 0) is 42.3 Å². The SMILES string of the molecule is Nc1cc(Br)ccc1NCCc1cccc(F)c1. The van der Waals surface area contributed by atoms with Crippen LogP contribution in [0.3, 0.4) is 0 Å². The zero-order chi connectivity index (χ0) is 13.0. The topological polar surface area (TPSA) is 38.0 Å². The number of halogens is 2. The third-order valence-electron chi connectivity index (χ3n) is 2.63. The molecule has 0 aliphatic carbocycles. The Balaban J connectivity index is 1.92. The minimum Gasteiger partial charge on any atom is -0.397 e. The van der Waals surface area contributed by atoms with Gasteiger partial charge in [0.2, 0.25) is 0 Å². The van der Waals surface area contributed by atoms with Crippen LogP contribution in [0.25, 0.3) is 0 Å². The molecule has 0 spiro atoms. The van der Waals surface area contributed by atoms with E-state index in [2.05, 4.69) is 21.2 Å². The minimum atomic E-state index is -0.198. The molecular formula is C14H14BrFN2. The van der Waals surface area contributed by atoms with Gasteiger partial charge >= 0.3 is 0 Å². The Morgan fingerprint density at radius 1 is 1.17 bits per heavy atom. The predicted molar refractivity (Wildman–Crippen MR) is 77.1 cm³/mol. The second kappa shape index (κ2) is 5.87. The zero-order valence-corrected chi connectivity index (χ0v) is 11.4. The van der Waals surface area contributed by atoms with Crippen molar-refractivity contribution < 1.29 is 4.39 Å². The first kappa shape index (κ1) is 12.9. The van der Waals surface area contributed by atoms with Crippen molar-refractivity contribution in [1.82, 2.24) is 0 Å². The van der Waals surface area contributed by atoms with Gasteiger partial charge in [0.25, 0.3) is 0 Å². The highest BCUT2D eigenvalue weighted by atomic mass is 79.9. The number of hydrogen-bond acceptors (Lipinski definition) is 2. The molecule has 0 radical (unpaired) electrons. The maximum absolute atomic E-state index is 13.0. The molecule has 2 rings (SSSR count). The zero-order valence-electron chi connectivity index (χ0n) is 9.79. The molecule has 2 aromatic carbocycles. The molecule has 18 heavy (non-hydrogen) atoms. The van der Waals surface area contributed by atoms with Gasteiger partial charge in [0.15, 0.2) is 0 Å². The van der Waals surface area contributed by atoms with Crippen LogP contribution >= 0.6 is 15.9 Å². The lowest BCUT2D eigenvalue weighted by Gasteiger charge is -2.09. The standard InChI is InChI=1S/C14H14BrFN2/c15-11-4-5-14(13(17)9-11)18-7-6-10-2-1-3-12(16)8-10/h1-5,8-9,18H,6-7,17H2. The smallest absolute Gasteiger partial charge is 0.123 e. The lowest BCUT2D eigenvalue weighted by atomic mass is 10.1. The van der Waals surface area contributed by atoms with E-state index in [-0.39, 0.29) is 5.82 Å². The normalized spacial score (nSPS) is 10.3. The van der Waals surface area contributed by atoms with Crippen molar-refractivity contribution in [2.45, 2.75) is 6.42 Å². The molecule has 0 atom stereocenters. The lowest BCUT2D eigenvalue weighted by Crippen LogP contribution is -2.06. The summed E-state index contributed by atoms with van der Waals surface area (Å²) in [5.41, 5.74) is 8.44. The van der Waals surface area contributed by atoms with Crippen LogP contribution in [0.15, 0.2) is 46.9 Å². The molecule has 0 aliphatic heterocycles. The highest BCUT2D eigenvalue weighted by Crippen LogP contribution is 2.22. The molecule has 0 heterocycles. The summed E-state index contributed by atoms with van der Waals surface area (Å²) >= 11 is 3.36. The highest BCUT2D eigenvalue weighted by Gasteiger charge is 2.00. The van der Waals surface area contributed by atoms with Gasteiger partial charge in [-0.2, -0.15) is 0 Å². The Hall–Kier alpha value is -1.55. The Morgan fingerprint density at radius 2 is 2.00 bits per heavy atom. The fourth-order valence-electron chi connectivity index (χ4n) is 1.73. The number of nitrogens with one attached hydrogen (secondary N) is 1. The lowest BCUT2D eigenvalue weighted by molar-refractivity contribution is 0.625. The first-order valence-electron chi connectivity index (χ1n) is 5.68. The Kier molecular flexibility index (Phi) is 4.20. The maximum Gasteiger partial charge on any atom is 0.123 e. The van der Waals surface area contributed by atoms with Gasteiger partial charge in [-0.25, -0.2) is 4.39 Å². The Bertz CT molecular complexity index is 543. The van der Waals surface area contributed by atoms with Gasteiger partial charge in [0.05, 0.1) is 11.4 Å². The summed E-state index contributed by atoms with van der Waals surface area (Å²) in [5.74, 6) is -0.198. The van der Waals surface area contributed by atoms with Crippen molar-refractivity contribution >= 4 is 27.3 Å². The van der Waals surface area contributed by atoms with Gasteiger partial charge in [-0.3, -0.25) is 0 Å². The van der Waals surface area contributed by atoms with Crippen LogP contribution in [0.4, 0.5) is 15.8 Å². The summed E-state index contributed by atoms with van der Waals surface area (Å²) in [5, 5.41) is 3.24. The van der Waals surface area contributed by atoms with Crippen molar-refractivity contribution in [3.05, 3.63) is 58.3 Å². The third kappa shape index (κ3) is 3.47. The second-order valence-corrected chi connectivity index (χ2v) is 4.95. The van der Waals surface area contributed by atoms with Crippen molar-refractivity contribution in [2.24, 2.45) is 0 Å². The molecule has 0 aliphatic rings. The third-order valence-corrected chi connectivity index (χ3v) is 3.13. The first-order valence-corrected chi connectivity index (χ1v) is 6.48. The molecule has 0 unspecified atom stereocenters. The predicted octanol–water partition coefficient (Wildman–Crippen LogP) is 3.83. The van der Waals surface area contributed by atoms with Crippen LogP contribution in [0.1, 0.15) is 5.56 Å². The van der Waals surface area contributed by atoms with Crippen molar-refractivity contribution in [3.8, 4) is 0 Å². The average molecular weight is 309 g/mol. The summed E-state index contributed by atoms with van der Waals surface area (Å²) in [7, 11) is 0. The molecule has 0 saturated heterocycles. The van der Waals surface area contributed by atoms with E-state index in [4.69, 9.17) is 5.73 Å². The van der Waals surface area contributed by atoms with E-state index in [0.717, 1.165) is 28.7 Å². The number of nitrogen functional groups attached to an aromatic ring is 1. The van der Waals surface area contributed by atoms with Crippen LogP contribution in [-0.4, -0.2) is 6.54 Å². The summed E-state index contributed by atoms with van der Waals surface area (Å²) in [6, 6.07) is 12.3. The fraction of sp³-hybridized carbons (Fsp3) is 0.143. The van der Waals surface area contributed by atoms with Crippen LogP contribution in [-0.2, 0) is 6.42 Å². The molecule has 0 saturated carbocycles. The highest BCUT2D eigenvalue weighted by molar-refractivity contribution is 9.10. The number of hydrogen-bond donors (Lipinski definition) is 2. The molecule has 94 valence electrons. The van der Waals surface area contributed by atoms with Crippen LogP contribution in [0, 0.1) is 5.82 Å². The molecule has 0 bridgehead atoms. The molecule has 0 fully saturated rings. The summed E-state index contributed by atoms with van der Waals surface area (Å²) in [6.45, 7) is 0.718. The van der Waals surface area contributed by atoms with E-state index in [9.17, 15) is 4.39 Å². The first-order chi connectivity index (χ1) is 8.65. The maximum atomic E-state index is 13.0. The van der Waals surface area contributed by atoms with Crippen LogP contribution in [0.5, 0.6) is 0 Å². The van der Waals surface area contributed by atoms with Crippen LogP contribution < -0.4 is 11.1 Å². The number of nitrogens with two attached hydrogens (primary N) is 1. The van der Waals surface area contributed by atoms with Crippen molar-refractivity contribution in [3.63, 3.8) is 0 Å². The molecule has 2 nitrogen and oxygen atoms in total. The molecular weight excluding hydrogens is 295 g/mol. The van der Waals surface area contributed by atoms with E-state index in [1.54, 1.807) is 12.1 Å². The molecule has 0 aromatic heterocycles. The molecule has 4 heteroatoms. The van der Waals surface area contributed by atoms with E-state index in [1.807, 2.05) is 24.3 Å². The molecule has 3 N–H and O–H groups in total.